The number of aliphatic carboxylic acids is 1. The molecule has 0 saturated carbocycles. The smallest absolute Gasteiger partial charge is 0.303 e. The molecule has 0 aromatic heterocycles. The van der Waals surface area contributed by atoms with Crippen molar-refractivity contribution in [2.45, 2.75) is 103 Å². The topological polar surface area (TPSA) is 37.3 Å². The summed E-state index contributed by atoms with van der Waals surface area (Å²) in [6.45, 7) is 2.27. The average molecular weight is 371 g/mol. The highest BCUT2D eigenvalue weighted by atomic mass is 16.4. The van der Waals surface area contributed by atoms with Crippen molar-refractivity contribution >= 4 is 5.97 Å². The molecule has 0 aliphatic heterocycles. The van der Waals surface area contributed by atoms with Crippen molar-refractivity contribution in [3.05, 3.63) is 35.4 Å². The van der Waals surface area contributed by atoms with Gasteiger partial charge in [-0.15, -0.1) is 5.92 Å². The molecule has 0 atom stereocenters. The number of hydrogen-bond donors (Lipinski definition) is 1. The van der Waals surface area contributed by atoms with Crippen LogP contribution in [0.2, 0.25) is 0 Å². The van der Waals surface area contributed by atoms with Gasteiger partial charge in [0.2, 0.25) is 0 Å². The molecule has 150 valence electrons. The highest BCUT2D eigenvalue weighted by molar-refractivity contribution is 5.66. The lowest BCUT2D eigenvalue weighted by atomic mass is 10.0. The SMILES string of the molecule is CCCCCCCCCCCCc1ccc(CC#CCCCC(=O)O)cc1. The van der Waals surface area contributed by atoms with E-state index in [4.69, 9.17) is 5.11 Å². The predicted octanol–water partition coefficient (Wildman–Crippen LogP) is 6.95. The lowest BCUT2D eigenvalue weighted by molar-refractivity contribution is -0.137. The van der Waals surface area contributed by atoms with E-state index in [0.29, 0.717) is 12.8 Å². The fourth-order valence-corrected chi connectivity index (χ4v) is 3.22. The van der Waals surface area contributed by atoms with Crippen LogP contribution in [0.5, 0.6) is 0 Å². The Kier molecular flexibility index (Phi) is 14.2. The van der Waals surface area contributed by atoms with Crippen LogP contribution in [-0.4, -0.2) is 11.1 Å². The summed E-state index contributed by atoms with van der Waals surface area (Å²) in [5.74, 6) is 5.46. The summed E-state index contributed by atoms with van der Waals surface area (Å²) in [6, 6.07) is 8.82. The minimum Gasteiger partial charge on any atom is -0.481 e. The summed E-state index contributed by atoms with van der Waals surface area (Å²) in [7, 11) is 0. The van der Waals surface area contributed by atoms with Crippen LogP contribution < -0.4 is 0 Å². The Morgan fingerprint density at radius 3 is 1.93 bits per heavy atom. The Labute approximate surface area is 166 Å². The van der Waals surface area contributed by atoms with Gasteiger partial charge in [-0.25, -0.2) is 0 Å². The van der Waals surface area contributed by atoms with Gasteiger partial charge < -0.3 is 5.11 Å². The van der Waals surface area contributed by atoms with E-state index in [1.165, 1.54) is 81.8 Å². The third-order valence-electron chi connectivity index (χ3n) is 4.95. The molecule has 1 rings (SSSR count). The monoisotopic (exact) mass is 370 g/mol. The van der Waals surface area contributed by atoms with E-state index in [1.807, 2.05) is 0 Å². The van der Waals surface area contributed by atoms with Crippen LogP contribution in [-0.2, 0) is 17.6 Å². The quantitative estimate of drug-likeness (QED) is 0.268. The summed E-state index contributed by atoms with van der Waals surface area (Å²) >= 11 is 0. The Morgan fingerprint density at radius 1 is 0.778 bits per heavy atom. The van der Waals surface area contributed by atoms with Crippen molar-refractivity contribution in [2.24, 2.45) is 0 Å². The van der Waals surface area contributed by atoms with E-state index in [1.54, 1.807) is 0 Å². The van der Waals surface area contributed by atoms with E-state index in [2.05, 4.69) is 43.0 Å². The molecule has 2 heteroatoms. The van der Waals surface area contributed by atoms with Crippen LogP contribution in [0.25, 0.3) is 0 Å². The number of carbonyl (C=O) groups is 1. The second kappa shape index (κ2) is 16.4. The van der Waals surface area contributed by atoms with Gasteiger partial charge in [-0.05, 0) is 30.4 Å². The number of benzene rings is 1. The molecule has 0 aliphatic carbocycles. The first-order chi connectivity index (χ1) is 13.2. The molecular formula is C25H38O2. The van der Waals surface area contributed by atoms with E-state index in [-0.39, 0.29) is 6.42 Å². The van der Waals surface area contributed by atoms with Gasteiger partial charge in [-0.2, -0.15) is 0 Å². The van der Waals surface area contributed by atoms with Gasteiger partial charge in [0.15, 0.2) is 0 Å². The normalized spacial score (nSPS) is 10.4. The molecule has 1 N–H and O–H groups in total. The van der Waals surface area contributed by atoms with Crippen LogP contribution in [0.1, 0.15) is 102 Å². The Balaban J connectivity index is 2.04. The second-order valence-electron chi connectivity index (χ2n) is 7.53. The maximum atomic E-state index is 10.4. The van der Waals surface area contributed by atoms with E-state index in [9.17, 15) is 4.79 Å². The van der Waals surface area contributed by atoms with Gasteiger partial charge in [0, 0.05) is 19.3 Å². The minimum absolute atomic E-state index is 0.211. The van der Waals surface area contributed by atoms with Gasteiger partial charge in [0.05, 0.1) is 0 Å². The Hall–Kier alpha value is -1.75. The Bertz CT molecular complexity index is 548. The lowest BCUT2D eigenvalue weighted by Gasteiger charge is -2.04. The van der Waals surface area contributed by atoms with Crippen molar-refractivity contribution in [1.29, 1.82) is 0 Å². The first-order valence-corrected chi connectivity index (χ1v) is 11.0. The molecule has 2 nitrogen and oxygen atoms in total. The summed E-state index contributed by atoms with van der Waals surface area (Å²) in [5, 5.41) is 8.58. The highest BCUT2D eigenvalue weighted by Gasteiger charge is 1.97. The fraction of sp³-hybridized carbons (Fsp3) is 0.640. The average Bonchev–Trinajstić information content (AvgIpc) is 2.67. The summed E-state index contributed by atoms with van der Waals surface area (Å²) in [6.07, 6.45) is 17.3. The summed E-state index contributed by atoms with van der Waals surface area (Å²) in [5.41, 5.74) is 2.67. The molecule has 0 aliphatic rings. The van der Waals surface area contributed by atoms with Crippen LogP contribution in [0.15, 0.2) is 24.3 Å². The number of carboxylic acids is 1. The van der Waals surface area contributed by atoms with Crippen LogP contribution in [0.4, 0.5) is 0 Å². The van der Waals surface area contributed by atoms with Crippen LogP contribution in [0, 0.1) is 11.8 Å². The Morgan fingerprint density at radius 2 is 1.33 bits per heavy atom. The third-order valence-corrected chi connectivity index (χ3v) is 4.95. The van der Waals surface area contributed by atoms with Crippen LogP contribution >= 0.6 is 0 Å². The van der Waals surface area contributed by atoms with E-state index >= 15 is 0 Å². The number of unbranched alkanes of at least 4 members (excludes halogenated alkanes) is 10. The zero-order chi connectivity index (χ0) is 19.6. The highest BCUT2D eigenvalue weighted by Crippen LogP contribution is 2.13. The lowest BCUT2D eigenvalue weighted by Crippen LogP contribution is -1.92. The van der Waals surface area contributed by atoms with Crippen molar-refractivity contribution in [1.82, 2.24) is 0 Å². The molecule has 0 unspecified atom stereocenters. The third kappa shape index (κ3) is 14.0. The molecule has 0 spiro atoms. The van der Waals surface area contributed by atoms with Crippen molar-refractivity contribution in [3.8, 4) is 11.8 Å². The van der Waals surface area contributed by atoms with Gasteiger partial charge in [0.25, 0.3) is 0 Å². The molecule has 1 aromatic carbocycles. The predicted molar refractivity (Wildman–Crippen MR) is 115 cm³/mol. The molecule has 0 bridgehead atoms. The molecule has 0 fully saturated rings. The zero-order valence-electron chi connectivity index (χ0n) is 17.3. The van der Waals surface area contributed by atoms with E-state index in [0.717, 1.165) is 6.42 Å². The maximum Gasteiger partial charge on any atom is 0.303 e. The maximum absolute atomic E-state index is 10.4. The number of hydrogen-bond acceptors (Lipinski definition) is 1. The van der Waals surface area contributed by atoms with Gasteiger partial charge in [-0.3, -0.25) is 4.79 Å². The minimum atomic E-state index is -0.741. The van der Waals surface area contributed by atoms with Crippen molar-refractivity contribution < 1.29 is 9.90 Å². The molecule has 0 amide bonds. The molecule has 27 heavy (non-hydrogen) atoms. The first-order valence-electron chi connectivity index (χ1n) is 11.0. The fourth-order valence-electron chi connectivity index (χ4n) is 3.22. The van der Waals surface area contributed by atoms with Gasteiger partial charge in [0.1, 0.15) is 0 Å². The number of aryl methyl sites for hydroxylation is 1. The molecule has 0 saturated heterocycles. The molecular weight excluding hydrogens is 332 g/mol. The zero-order valence-corrected chi connectivity index (χ0v) is 17.3. The standard InChI is InChI=1S/C25H38O2/c1-2-3-4-5-6-7-8-9-10-13-16-23-19-21-24(22-20-23)17-14-11-12-15-18-25(26)27/h19-22H,2-10,12-13,15-18H2,1H3,(H,26,27). The number of carboxylic acid groups (broad SMARTS) is 1. The molecule has 1 aromatic rings. The van der Waals surface area contributed by atoms with Crippen LogP contribution in [0.3, 0.4) is 0 Å². The second-order valence-corrected chi connectivity index (χ2v) is 7.53. The van der Waals surface area contributed by atoms with Crippen molar-refractivity contribution in [3.63, 3.8) is 0 Å². The molecule has 0 heterocycles. The van der Waals surface area contributed by atoms with Crippen molar-refractivity contribution in [2.75, 3.05) is 0 Å². The van der Waals surface area contributed by atoms with Gasteiger partial charge >= 0.3 is 5.97 Å². The number of rotatable bonds is 15. The molecule has 0 radical (unpaired) electrons. The summed E-state index contributed by atoms with van der Waals surface area (Å²) in [4.78, 5) is 10.4. The largest absolute Gasteiger partial charge is 0.481 e. The van der Waals surface area contributed by atoms with Gasteiger partial charge in [-0.1, -0.05) is 94.9 Å². The first kappa shape index (κ1) is 23.3. The van der Waals surface area contributed by atoms with E-state index < -0.39 is 5.97 Å². The summed E-state index contributed by atoms with van der Waals surface area (Å²) < 4.78 is 0.